The van der Waals surface area contributed by atoms with Crippen LogP contribution in [-0.4, -0.2) is 56.1 Å². The van der Waals surface area contributed by atoms with Gasteiger partial charge in [0, 0.05) is 29.5 Å². The number of carbonyl (C=O) groups excluding carboxylic acids is 2. The van der Waals surface area contributed by atoms with Crippen LogP contribution in [-0.2, 0) is 26.2 Å². The summed E-state index contributed by atoms with van der Waals surface area (Å²) in [6.45, 7) is 9.94. The van der Waals surface area contributed by atoms with Gasteiger partial charge in [0.1, 0.15) is 11.8 Å². The molecule has 2 amide bonds. The summed E-state index contributed by atoms with van der Waals surface area (Å²) >= 11 is 3.45. The van der Waals surface area contributed by atoms with Crippen LogP contribution >= 0.6 is 15.9 Å². The number of nitrogens with one attached hydrogen (secondary N) is 1. The molecule has 204 valence electrons. The lowest BCUT2D eigenvalue weighted by atomic mass is 10.1. The lowest BCUT2D eigenvalue weighted by molar-refractivity contribution is -0.141. The van der Waals surface area contributed by atoms with Crippen LogP contribution in [0.3, 0.4) is 0 Å². The average Bonchev–Trinajstić information content (AvgIpc) is 2.78. The SMILES string of the molecule is CCOc1ccccc1N(CCCC(=O)N(Cc1cccc(Br)c1)C(C)C(=O)NC(C)(C)C)S(C)(=O)=O. The Kier molecular flexibility index (Phi) is 11.0. The Morgan fingerprint density at radius 3 is 2.38 bits per heavy atom. The summed E-state index contributed by atoms with van der Waals surface area (Å²) in [5.74, 6) is -0.0205. The van der Waals surface area contributed by atoms with Gasteiger partial charge >= 0.3 is 0 Å². The Morgan fingerprint density at radius 1 is 1.11 bits per heavy atom. The summed E-state index contributed by atoms with van der Waals surface area (Å²) in [7, 11) is -3.62. The molecule has 0 heterocycles. The number of ether oxygens (including phenoxy) is 1. The normalized spacial score (nSPS) is 12.5. The van der Waals surface area contributed by atoms with Crippen LogP contribution in [0.1, 0.15) is 53.0 Å². The van der Waals surface area contributed by atoms with Crippen LogP contribution in [0.4, 0.5) is 5.69 Å². The van der Waals surface area contributed by atoms with E-state index in [1.54, 1.807) is 36.1 Å². The summed E-state index contributed by atoms with van der Waals surface area (Å²) < 4.78 is 33.0. The van der Waals surface area contributed by atoms with E-state index in [1.807, 2.05) is 52.0 Å². The van der Waals surface area contributed by atoms with Gasteiger partial charge in [-0.25, -0.2) is 8.42 Å². The quantitative estimate of drug-likeness (QED) is 0.383. The van der Waals surface area contributed by atoms with E-state index in [0.29, 0.717) is 18.0 Å². The lowest BCUT2D eigenvalue weighted by Crippen LogP contribution is -2.52. The number of para-hydroxylation sites is 2. The van der Waals surface area contributed by atoms with Crippen molar-refractivity contribution in [3.05, 3.63) is 58.6 Å². The van der Waals surface area contributed by atoms with Gasteiger partial charge in [-0.3, -0.25) is 13.9 Å². The fourth-order valence-corrected chi connectivity index (χ4v) is 5.23. The number of amides is 2. The Bertz CT molecular complexity index is 1180. The molecule has 1 N–H and O–H groups in total. The highest BCUT2D eigenvalue weighted by Crippen LogP contribution is 2.30. The first kappa shape index (κ1) is 30.6. The van der Waals surface area contributed by atoms with Crippen molar-refractivity contribution in [1.29, 1.82) is 0 Å². The predicted octanol–water partition coefficient (Wildman–Crippen LogP) is 4.73. The molecule has 2 aromatic rings. The molecule has 1 unspecified atom stereocenters. The lowest BCUT2D eigenvalue weighted by Gasteiger charge is -2.32. The first-order chi connectivity index (χ1) is 17.2. The van der Waals surface area contributed by atoms with Crippen LogP contribution in [0.15, 0.2) is 53.0 Å². The Hall–Kier alpha value is -2.59. The molecule has 10 heteroatoms. The minimum Gasteiger partial charge on any atom is -0.492 e. The molecule has 37 heavy (non-hydrogen) atoms. The minimum atomic E-state index is -3.62. The number of benzene rings is 2. The molecular formula is C27H38BrN3O5S. The van der Waals surface area contributed by atoms with Crippen molar-refractivity contribution in [2.75, 3.05) is 23.7 Å². The molecule has 2 rings (SSSR count). The van der Waals surface area contributed by atoms with Crippen LogP contribution in [0.5, 0.6) is 5.75 Å². The summed E-state index contributed by atoms with van der Waals surface area (Å²) in [5, 5.41) is 2.94. The summed E-state index contributed by atoms with van der Waals surface area (Å²) in [4.78, 5) is 27.9. The maximum absolute atomic E-state index is 13.4. The number of carbonyl (C=O) groups is 2. The average molecular weight is 597 g/mol. The van der Waals surface area contributed by atoms with Gasteiger partial charge in [-0.05, 0) is 70.9 Å². The van der Waals surface area contributed by atoms with E-state index < -0.39 is 21.6 Å². The highest BCUT2D eigenvalue weighted by Gasteiger charge is 2.29. The van der Waals surface area contributed by atoms with Crippen molar-refractivity contribution in [2.45, 2.75) is 65.6 Å². The van der Waals surface area contributed by atoms with Crippen molar-refractivity contribution >= 4 is 43.5 Å². The fourth-order valence-electron chi connectivity index (χ4n) is 3.81. The molecule has 0 aliphatic carbocycles. The van der Waals surface area contributed by atoms with Gasteiger partial charge in [0.2, 0.25) is 21.8 Å². The zero-order valence-electron chi connectivity index (χ0n) is 22.5. The van der Waals surface area contributed by atoms with Crippen molar-refractivity contribution in [3.63, 3.8) is 0 Å². The third-order valence-electron chi connectivity index (χ3n) is 5.49. The molecule has 0 aliphatic heterocycles. The van der Waals surface area contributed by atoms with Crippen molar-refractivity contribution in [1.82, 2.24) is 10.2 Å². The van der Waals surface area contributed by atoms with Gasteiger partial charge < -0.3 is 15.0 Å². The first-order valence-corrected chi connectivity index (χ1v) is 14.9. The standard InChI is InChI=1S/C27H38BrN3O5S/c1-7-36-24-15-9-8-14-23(24)31(37(6,34)35)17-11-16-25(32)30(19-21-12-10-13-22(28)18-21)20(2)26(33)29-27(3,4)5/h8-10,12-15,18,20H,7,11,16-17,19H2,1-6H3,(H,29,33). The van der Waals surface area contributed by atoms with Crippen LogP contribution in [0.25, 0.3) is 0 Å². The smallest absolute Gasteiger partial charge is 0.242 e. The molecule has 0 aliphatic rings. The maximum Gasteiger partial charge on any atom is 0.242 e. The molecule has 0 saturated carbocycles. The van der Waals surface area contributed by atoms with Crippen LogP contribution < -0.4 is 14.4 Å². The van der Waals surface area contributed by atoms with Crippen molar-refractivity contribution < 1.29 is 22.7 Å². The Morgan fingerprint density at radius 2 is 1.78 bits per heavy atom. The Labute approximate surface area is 229 Å². The van der Waals surface area contributed by atoms with E-state index in [2.05, 4.69) is 21.2 Å². The second kappa shape index (κ2) is 13.3. The van der Waals surface area contributed by atoms with Gasteiger partial charge in [0.25, 0.3) is 0 Å². The van der Waals surface area contributed by atoms with Gasteiger partial charge in [0.05, 0.1) is 18.6 Å². The molecule has 1 atom stereocenters. The maximum atomic E-state index is 13.4. The molecule has 0 bridgehead atoms. The Balaban J connectivity index is 2.23. The van der Waals surface area contributed by atoms with Crippen LogP contribution in [0.2, 0.25) is 0 Å². The van der Waals surface area contributed by atoms with Crippen LogP contribution in [0, 0.1) is 0 Å². The second-order valence-corrected chi connectivity index (χ2v) is 12.7. The predicted molar refractivity (Wildman–Crippen MR) is 151 cm³/mol. The zero-order valence-corrected chi connectivity index (χ0v) is 24.9. The number of rotatable bonds is 12. The monoisotopic (exact) mass is 595 g/mol. The van der Waals surface area contributed by atoms with Crippen molar-refractivity contribution in [3.8, 4) is 5.75 Å². The van der Waals surface area contributed by atoms with Gasteiger partial charge in [-0.2, -0.15) is 0 Å². The van der Waals surface area contributed by atoms with E-state index in [9.17, 15) is 18.0 Å². The van der Waals surface area contributed by atoms with Gasteiger partial charge in [0.15, 0.2) is 0 Å². The minimum absolute atomic E-state index is 0.0734. The number of hydrogen-bond donors (Lipinski definition) is 1. The highest BCUT2D eigenvalue weighted by molar-refractivity contribution is 9.10. The van der Waals surface area contributed by atoms with Crippen molar-refractivity contribution in [2.24, 2.45) is 0 Å². The topological polar surface area (TPSA) is 96.0 Å². The molecule has 2 aromatic carbocycles. The van der Waals surface area contributed by atoms with E-state index >= 15 is 0 Å². The highest BCUT2D eigenvalue weighted by atomic mass is 79.9. The summed E-state index contributed by atoms with van der Waals surface area (Å²) in [6.07, 6.45) is 1.48. The summed E-state index contributed by atoms with van der Waals surface area (Å²) in [6, 6.07) is 13.8. The number of sulfonamides is 1. The number of nitrogens with zero attached hydrogens (tertiary/aromatic N) is 2. The van der Waals surface area contributed by atoms with Gasteiger partial charge in [-0.15, -0.1) is 0 Å². The molecule has 8 nitrogen and oxygen atoms in total. The molecule has 0 aromatic heterocycles. The largest absolute Gasteiger partial charge is 0.492 e. The van der Waals surface area contributed by atoms with E-state index in [4.69, 9.17) is 4.74 Å². The molecule has 0 spiro atoms. The van der Waals surface area contributed by atoms with E-state index in [-0.39, 0.29) is 37.7 Å². The number of hydrogen-bond acceptors (Lipinski definition) is 5. The third kappa shape index (κ3) is 9.66. The van der Waals surface area contributed by atoms with E-state index in [0.717, 1.165) is 16.3 Å². The van der Waals surface area contributed by atoms with E-state index in [1.165, 1.54) is 4.31 Å². The molecule has 0 saturated heterocycles. The second-order valence-electron chi connectivity index (χ2n) is 9.91. The molecule has 0 radical (unpaired) electrons. The number of anilines is 1. The fraction of sp³-hybridized carbons (Fsp3) is 0.481. The molecular weight excluding hydrogens is 558 g/mol. The zero-order chi connectivity index (χ0) is 27.8. The molecule has 0 fully saturated rings. The third-order valence-corrected chi connectivity index (χ3v) is 7.17. The first-order valence-electron chi connectivity index (χ1n) is 12.3. The number of halogens is 1. The summed E-state index contributed by atoms with van der Waals surface area (Å²) in [5.41, 5.74) is 0.865. The van der Waals surface area contributed by atoms with Gasteiger partial charge in [-0.1, -0.05) is 40.2 Å².